The molecule has 4 aromatic rings. The minimum atomic E-state index is -4.19. The van der Waals surface area contributed by atoms with Crippen molar-refractivity contribution in [2.75, 3.05) is 26.2 Å². The number of carbonyl (C=O) groups excluding carboxylic acids is 1. The fourth-order valence-electron chi connectivity index (χ4n) is 6.13. The number of rotatable bonds is 9. The lowest BCUT2D eigenvalue weighted by Crippen LogP contribution is -2.48. The maximum absolute atomic E-state index is 14.0. The number of fused-ring (bicyclic) bond motifs is 1. The predicted molar refractivity (Wildman–Crippen MR) is 174 cm³/mol. The molecule has 2 fully saturated rings. The molecular formula is C31H33Cl2N7O6S. The second kappa shape index (κ2) is 13.6. The Morgan fingerprint density at radius 3 is 2.62 bits per heavy atom. The Balaban J connectivity index is 1.19. The number of piperidine rings is 1. The number of benzene rings is 2. The van der Waals surface area contributed by atoms with Gasteiger partial charge in [0.05, 0.1) is 10.7 Å². The van der Waals surface area contributed by atoms with E-state index in [1.54, 1.807) is 17.1 Å². The van der Waals surface area contributed by atoms with Crippen molar-refractivity contribution in [1.29, 1.82) is 0 Å². The summed E-state index contributed by atoms with van der Waals surface area (Å²) in [6, 6.07) is 9.27. The second-order valence-electron chi connectivity index (χ2n) is 11.6. The van der Waals surface area contributed by atoms with Crippen LogP contribution in [-0.4, -0.2) is 86.7 Å². The fourth-order valence-corrected chi connectivity index (χ4v) is 8.65. The Kier molecular flexibility index (Phi) is 9.55. The first kappa shape index (κ1) is 32.9. The van der Waals surface area contributed by atoms with Gasteiger partial charge >= 0.3 is 6.09 Å². The zero-order valence-corrected chi connectivity index (χ0v) is 27.8. The number of hydrogen-bond acceptors (Lipinski definition) is 8. The van der Waals surface area contributed by atoms with Crippen LogP contribution in [0.4, 0.5) is 4.79 Å². The first-order valence-corrected chi connectivity index (χ1v) is 17.4. The van der Waals surface area contributed by atoms with E-state index in [9.17, 15) is 18.0 Å². The van der Waals surface area contributed by atoms with Crippen molar-refractivity contribution >= 4 is 56.1 Å². The Hall–Kier alpha value is -3.98. The molecule has 2 N–H and O–H groups in total. The van der Waals surface area contributed by atoms with Gasteiger partial charge in [0.25, 0.3) is 0 Å². The molecule has 0 saturated carbocycles. The second-order valence-corrected chi connectivity index (χ2v) is 14.3. The number of hydrogen-bond donors (Lipinski definition) is 2. The van der Waals surface area contributed by atoms with E-state index >= 15 is 0 Å². The number of aryl methyl sites for hydroxylation is 1. The number of amides is 2. The minimum Gasteiger partial charge on any atom is -0.487 e. The molecule has 47 heavy (non-hydrogen) atoms. The molecule has 2 amide bonds. The molecule has 4 heterocycles. The van der Waals surface area contributed by atoms with Gasteiger partial charge in [0, 0.05) is 47.8 Å². The number of ether oxygens (including phenoxy) is 1. The van der Waals surface area contributed by atoms with Crippen LogP contribution in [-0.2, 0) is 21.4 Å². The molecule has 2 aliphatic heterocycles. The van der Waals surface area contributed by atoms with E-state index in [1.165, 1.54) is 27.7 Å². The van der Waals surface area contributed by atoms with Crippen LogP contribution in [0.5, 0.6) is 5.75 Å². The van der Waals surface area contributed by atoms with Crippen molar-refractivity contribution in [2.24, 2.45) is 5.92 Å². The van der Waals surface area contributed by atoms with Crippen LogP contribution in [0.15, 0.2) is 53.9 Å². The SMILES string of the molecule is Cc1cc(-n2cncn2)c2cccc(OCc3c(Cl)ccc(S(=O)(=O)N4CCC[C@H]4C(=O)NCC4CCN(C(=O)O)CC4)c3Cl)c2n1. The number of likely N-dealkylation sites (tertiary alicyclic amines) is 1. The van der Waals surface area contributed by atoms with E-state index in [4.69, 9.17) is 33.0 Å². The first-order valence-electron chi connectivity index (χ1n) is 15.2. The van der Waals surface area contributed by atoms with E-state index < -0.39 is 22.2 Å². The van der Waals surface area contributed by atoms with Crippen LogP contribution >= 0.6 is 23.2 Å². The molecule has 248 valence electrons. The molecule has 2 saturated heterocycles. The monoisotopic (exact) mass is 701 g/mol. The average Bonchev–Trinajstić information content (AvgIpc) is 3.77. The van der Waals surface area contributed by atoms with Crippen LogP contribution in [0.3, 0.4) is 0 Å². The summed E-state index contributed by atoms with van der Waals surface area (Å²) in [6.45, 7) is 3.04. The standard InChI is InChI=1S/C31H33Cl2N7O6S/c1-19-14-25(39-18-34-17-36-39)21-4-2-6-26(29(21)37-19)46-16-22-23(32)7-8-27(28(22)33)47(44,45)40-11-3-5-24(40)30(41)35-15-20-9-12-38(13-10-20)31(42)43/h2,4,6-8,14,17-18,20,24H,3,5,9-13,15-16H2,1H3,(H,35,41)(H,42,43)/t24-/m0/s1. The van der Waals surface area contributed by atoms with Crippen LogP contribution < -0.4 is 10.1 Å². The number of pyridine rings is 1. The number of carboxylic acid groups (broad SMARTS) is 1. The number of nitrogens with zero attached hydrogens (tertiary/aromatic N) is 6. The Morgan fingerprint density at radius 1 is 1.11 bits per heavy atom. The molecule has 0 unspecified atom stereocenters. The molecule has 0 radical (unpaired) electrons. The number of aromatic nitrogens is 4. The highest BCUT2D eigenvalue weighted by molar-refractivity contribution is 7.89. The summed E-state index contributed by atoms with van der Waals surface area (Å²) >= 11 is 13.3. The molecule has 0 bridgehead atoms. The van der Waals surface area contributed by atoms with E-state index in [2.05, 4.69) is 20.4 Å². The molecule has 0 spiro atoms. The van der Waals surface area contributed by atoms with Gasteiger partial charge in [-0.25, -0.2) is 27.9 Å². The van der Waals surface area contributed by atoms with E-state index in [0.717, 1.165) is 16.8 Å². The lowest BCUT2D eigenvalue weighted by atomic mass is 9.97. The van der Waals surface area contributed by atoms with Gasteiger partial charge in [-0.3, -0.25) is 4.79 Å². The van der Waals surface area contributed by atoms with Gasteiger partial charge < -0.3 is 20.1 Å². The third-order valence-corrected chi connectivity index (χ3v) is 11.5. The topological polar surface area (TPSA) is 160 Å². The maximum Gasteiger partial charge on any atom is 0.407 e. The van der Waals surface area contributed by atoms with Gasteiger partial charge in [-0.15, -0.1) is 0 Å². The lowest BCUT2D eigenvalue weighted by Gasteiger charge is -2.30. The number of carbonyl (C=O) groups is 2. The predicted octanol–water partition coefficient (Wildman–Crippen LogP) is 4.67. The largest absolute Gasteiger partial charge is 0.487 e. The molecule has 13 nitrogen and oxygen atoms in total. The van der Waals surface area contributed by atoms with Crippen molar-refractivity contribution < 1.29 is 27.9 Å². The zero-order valence-electron chi connectivity index (χ0n) is 25.5. The molecule has 2 aliphatic rings. The van der Waals surface area contributed by atoms with E-state index in [-0.39, 0.29) is 45.5 Å². The number of sulfonamides is 1. The molecule has 16 heteroatoms. The summed E-state index contributed by atoms with van der Waals surface area (Å²) in [6.07, 6.45) is 4.22. The van der Waals surface area contributed by atoms with Crippen LogP contribution in [0.2, 0.25) is 10.0 Å². The first-order chi connectivity index (χ1) is 22.5. The quantitative estimate of drug-likeness (QED) is 0.253. The number of halogens is 2. The van der Waals surface area contributed by atoms with Gasteiger partial charge in [-0.05, 0) is 62.8 Å². The highest BCUT2D eigenvalue weighted by atomic mass is 35.5. The highest BCUT2D eigenvalue weighted by Crippen LogP contribution is 2.37. The number of nitrogens with one attached hydrogen (secondary N) is 1. The Bertz CT molecular complexity index is 1920. The summed E-state index contributed by atoms with van der Waals surface area (Å²) in [5, 5.41) is 17.2. The van der Waals surface area contributed by atoms with Gasteiger partial charge in [-0.2, -0.15) is 9.40 Å². The molecule has 0 aliphatic carbocycles. The average molecular weight is 703 g/mol. The summed E-state index contributed by atoms with van der Waals surface area (Å²) in [5.41, 5.74) is 2.36. The van der Waals surface area contributed by atoms with Crippen LogP contribution in [0, 0.1) is 12.8 Å². The molecule has 1 atom stereocenters. The van der Waals surface area contributed by atoms with Crippen molar-refractivity contribution in [3.63, 3.8) is 0 Å². The molecule has 6 rings (SSSR count). The van der Waals surface area contributed by atoms with Crippen molar-refractivity contribution in [3.8, 4) is 11.4 Å². The highest BCUT2D eigenvalue weighted by Gasteiger charge is 2.41. The summed E-state index contributed by atoms with van der Waals surface area (Å²) < 4.78 is 36.9. The summed E-state index contributed by atoms with van der Waals surface area (Å²) in [7, 11) is -4.19. The van der Waals surface area contributed by atoms with Crippen molar-refractivity contribution in [3.05, 3.63) is 70.4 Å². The van der Waals surface area contributed by atoms with Crippen LogP contribution in [0.25, 0.3) is 16.6 Å². The van der Waals surface area contributed by atoms with Gasteiger partial charge in [0.2, 0.25) is 15.9 Å². The van der Waals surface area contributed by atoms with E-state index in [0.29, 0.717) is 56.6 Å². The number of para-hydroxylation sites is 1. The maximum atomic E-state index is 14.0. The van der Waals surface area contributed by atoms with Crippen LogP contribution in [0.1, 0.15) is 36.9 Å². The van der Waals surface area contributed by atoms with Gasteiger partial charge in [0.15, 0.2) is 0 Å². The third-order valence-electron chi connectivity index (χ3n) is 8.64. The van der Waals surface area contributed by atoms with Crippen molar-refractivity contribution in [1.82, 2.24) is 34.3 Å². The lowest BCUT2D eigenvalue weighted by molar-refractivity contribution is -0.124. The normalized spacial score (nSPS) is 17.7. The molecule has 2 aromatic carbocycles. The van der Waals surface area contributed by atoms with E-state index in [1.807, 2.05) is 25.1 Å². The van der Waals surface area contributed by atoms with Gasteiger partial charge in [0.1, 0.15) is 41.5 Å². The Morgan fingerprint density at radius 2 is 1.89 bits per heavy atom. The zero-order chi connectivity index (χ0) is 33.3. The fraction of sp³-hybridized carbons (Fsp3) is 0.387. The summed E-state index contributed by atoms with van der Waals surface area (Å²) in [4.78, 5) is 34.3. The Labute approximate surface area is 281 Å². The van der Waals surface area contributed by atoms with Gasteiger partial charge in [-0.1, -0.05) is 35.3 Å². The smallest absolute Gasteiger partial charge is 0.407 e. The molecular weight excluding hydrogens is 669 g/mol. The molecule has 2 aromatic heterocycles. The summed E-state index contributed by atoms with van der Waals surface area (Å²) in [5.74, 6) is 0.173. The van der Waals surface area contributed by atoms with Crippen molar-refractivity contribution in [2.45, 2.75) is 50.2 Å². The minimum absolute atomic E-state index is 0.0820. The third kappa shape index (κ3) is 6.73.